The van der Waals surface area contributed by atoms with Crippen molar-refractivity contribution >= 4 is 18.3 Å². The Hall–Kier alpha value is -1.11. The number of ether oxygens (including phenoxy) is 1. The van der Waals surface area contributed by atoms with E-state index in [1.54, 1.807) is 0 Å². The number of hydrogen-bond acceptors (Lipinski definition) is 5. The van der Waals surface area contributed by atoms with E-state index < -0.39 is 7.12 Å². The zero-order chi connectivity index (χ0) is 17.1. The number of anilines is 1. The van der Waals surface area contributed by atoms with Crippen molar-refractivity contribution < 1.29 is 14.0 Å². The Morgan fingerprint density at radius 1 is 1.22 bits per heavy atom. The van der Waals surface area contributed by atoms with E-state index in [4.69, 9.17) is 14.0 Å². The summed E-state index contributed by atoms with van der Waals surface area (Å²) in [5.74, 6) is 0. The molecule has 1 aromatic rings. The van der Waals surface area contributed by atoms with E-state index in [1.165, 1.54) is 0 Å². The van der Waals surface area contributed by atoms with Crippen LogP contribution in [0.3, 0.4) is 0 Å². The standard InChI is InChI=1S/C17H29BN2O3/c1-7-21-12-8-11-20(6)15-9-10-19-13-14(15)18-22-16(2,3)17(4,5)23-18/h9-10,13H,7-8,11-12H2,1-6H3. The lowest BCUT2D eigenvalue weighted by atomic mass is 9.78. The molecule has 128 valence electrons. The van der Waals surface area contributed by atoms with Crippen LogP contribution in [0.5, 0.6) is 0 Å². The molecule has 1 aliphatic rings. The van der Waals surface area contributed by atoms with Gasteiger partial charge in [-0.05, 0) is 47.1 Å². The number of nitrogens with zero attached hydrogens (tertiary/aromatic N) is 2. The third-order valence-electron chi connectivity index (χ3n) is 4.73. The summed E-state index contributed by atoms with van der Waals surface area (Å²) in [6.45, 7) is 12.7. The van der Waals surface area contributed by atoms with Crippen molar-refractivity contribution in [2.45, 2.75) is 52.2 Å². The quantitative estimate of drug-likeness (QED) is 0.569. The van der Waals surface area contributed by atoms with Gasteiger partial charge < -0.3 is 18.9 Å². The summed E-state index contributed by atoms with van der Waals surface area (Å²) in [6.07, 6.45) is 4.63. The second-order valence-electron chi connectivity index (χ2n) is 6.99. The fourth-order valence-corrected chi connectivity index (χ4v) is 2.57. The van der Waals surface area contributed by atoms with E-state index in [0.717, 1.165) is 37.3 Å². The molecule has 0 bridgehead atoms. The van der Waals surface area contributed by atoms with Gasteiger partial charge in [0.05, 0.1) is 11.2 Å². The van der Waals surface area contributed by atoms with Gasteiger partial charge in [0.2, 0.25) is 0 Å². The summed E-state index contributed by atoms with van der Waals surface area (Å²) in [7, 11) is 1.69. The maximum absolute atomic E-state index is 6.17. The molecule has 2 rings (SSSR count). The van der Waals surface area contributed by atoms with Crippen LogP contribution in [0.4, 0.5) is 5.69 Å². The van der Waals surface area contributed by atoms with Gasteiger partial charge in [-0.3, -0.25) is 4.98 Å². The molecule has 0 unspecified atom stereocenters. The molecule has 1 fully saturated rings. The van der Waals surface area contributed by atoms with E-state index in [0.29, 0.717) is 0 Å². The molecule has 0 radical (unpaired) electrons. The molecule has 6 heteroatoms. The van der Waals surface area contributed by atoms with Crippen molar-refractivity contribution in [3.63, 3.8) is 0 Å². The minimum atomic E-state index is -0.391. The highest BCUT2D eigenvalue weighted by molar-refractivity contribution is 6.63. The van der Waals surface area contributed by atoms with Gasteiger partial charge in [-0.15, -0.1) is 0 Å². The first-order valence-electron chi connectivity index (χ1n) is 8.37. The van der Waals surface area contributed by atoms with Crippen molar-refractivity contribution in [3.05, 3.63) is 18.5 Å². The Morgan fingerprint density at radius 3 is 2.48 bits per heavy atom. The number of rotatable bonds is 7. The van der Waals surface area contributed by atoms with Crippen LogP contribution in [0.2, 0.25) is 0 Å². The van der Waals surface area contributed by atoms with Crippen LogP contribution in [0.15, 0.2) is 18.5 Å². The first kappa shape index (κ1) is 18.2. The lowest BCUT2D eigenvalue weighted by Gasteiger charge is -2.32. The predicted octanol–water partition coefficient (Wildman–Crippen LogP) is 2.24. The predicted molar refractivity (Wildman–Crippen MR) is 94.3 cm³/mol. The van der Waals surface area contributed by atoms with Gasteiger partial charge in [0.1, 0.15) is 0 Å². The minimum Gasteiger partial charge on any atom is -0.399 e. The van der Waals surface area contributed by atoms with Crippen LogP contribution >= 0.6 is 0 Å². The molecule has 0 aliphatic carbocycles. The molecule has 23 heavy (non-hydrogen) atoms. The van der Waals surface area contributed by atoms with E-state index in [2.05, 4.69) is 44.6 Å². The van der Waals surface area contributed by atoms with Gasteiger partial charge in [-0.2, -0.15) is 0 Å². The van der Waals surface area contributed by atoms with Crippen LogP contribution in [0.1, 0.15) is 41.0 Å². The second-order valence-corrected chi connectivity index (χ2v) is 6.99. The Morgan fingerprint density at radius 2 is 1.87 bits per heavy atom. The van der Waals surface area contributed by atoms with Gasteiger partial charge in [-0.1, -0.05) is 0 Å². The Kier molecular flexibility index (Phi) is 5.71. The van der Waals surface area contributed by atoms with Crippen molar-refractivity contribution in [2.75, 3.05) is 31.7 Å². The SMILES string of the molecule is CCOCCCN(C)c1ccncc1B1OC(C)(C)C(C)(C)O1. The summed E-state index contributed by atoms with van der Waals surface area (Å²) >= 11 is 0. The Bertz CT molecular complexity index is 506. The molecule has 1 aromatic heterocycles. The maximum Gasteiger partial charge on any atom is 0.498 e. The normalized spacial score (nSPS) is 19.1. The zero-order valence-corrected chi connectivity index (χ0v) is 15.3. The summed E-state index contributed by atoms with van der Waals surface area (Å²) in [5.41, 5.74) is 1.37. The van der Waals surface area contributed by atoms with Crippen LogP contribution in [-0.4, -0.2) is 50.1 Å². The van der Waals surface area contributed by atoms with Crippen molar-refractivity contribution in [1.82, 2.24) is 4.98 Å². The Labute approximate surface area is 140 Å². The molecule has 0 saturated carbocycles. The van der Waals surface area contributed by atoms with Crippen LogP contribution in [-0.2, 0) is 14.0 Å². The third kappa shape index (κ3) is 4.05. The number of pyridine rings is 1. The third-order valence-corrected chi connectivity index (χ3v) is 4.73. The summed E-state index contributed by atoms with van der Waals surface area (Å²) < 4.78 is 17.8. The highest BCUT2D eigenvalue weighted by atomic mass is 16.7. The van der Waals surface area contributed by atoms with E-state index in [1.807, 2.05) is 25.4 Å². The fourth-order valence-electron chi connectivity index (χ4n) is 2.57. The molecule has 0 spiro atoms. The van der Waals surface area contributed by atoms with E-state index >= 15 is 0 Å². The molecule has 0 amide bonds. The van der Waals surface area contributed by atoms with Crippen LogP contribution < -0.4 is 10.4 Å². The average molecular weight is 320 g/mol. The van der Waals surface area contributed by atoms with Crippen molar-refractivity contribution in [2.24, 2.45) is 0 Å². The molecule has 5 nitrogen and oxygen atoms in total. The summed E-state index contributed by atoms with van der Waals surface area (Å²) in [4.78, 5) is 6.48. The Balaban J connectivity index is 2.12. The molecule has 0 atom stereocenters. The topological polar surface area (TPSA) is 43.8 Å². The lowest BCUT2D eigenvalue weighted by Crippen LogP contribution is -2.41. The second kappa shape index (κ2) is 7.20. The summed E-state index contributed by atoms with van der Waals surface area (Å²) in [6, 6.07) is 2.01. The highest BCUT2D eigenvalue weighted by Gasteiger charge is 2.52. The molecule has 2 heterocycles. The van der Waals surface area contributed by atoms with Gasteiger partial charge in [0.25, 0.3) is 0 Å². The minimum absolute atomic E-state index is 0.349. The molecule has 1 aliphatic heterocycles. The van der Waals surface area contributed by atoms with E-state index in [-0.39, 0.29) is 11.2 Å². The molecular weight excluding hydrogens is 291 g/mol. The smallest absolute Gasteiger partial charge is 0.399 e. The first-order chi connectivity index (χ1) is 10.8. The van der Waals surface area contributed by atoms with Crippen LogP contribution in [0, 0.1) is 0 Å². The fraction of sp³-hybridized carbons (Fsp3) is 0.706. The first-order valence-corrected chi connectivity index (χ1v) is 8.37. The lowest BCUT2D eigenvalue weighted by molar-refractivity contribution is 0.00578. The van der Waals surface area contributed by atoms with Crippen molar-refractivity contribution in [3.8, 4) is 0 Å². The molecular formula is C17H29BN2O3. The monoisotopic (exact) mass is 320 g/mol. The maximum atomic E-state index is 6.17. The largest absolute Gasteiger partial charge is 0.498 e. The van der Waals surface area contributed by atoms with Gasteiger partial charge >= 0.3 is 7.12 Å². The molecule has 1 saturated heterocycles. The van der Waals surface area contributed by atoms with Gasteiger partial charge in [-0.25, -0.2) is 0 Å². The van der Waals surface area contributed by atoms with Crippen LogP contribution in [0.25, 0.3) is 0 Å². The van der Waals surface area contributed by atoms with Gasteiger partial charge in [0, 0.05) is 50.4 Å². The molecule has 0 N–H and O–H groups in total. The zero-order valence-electron chi connectivity index (χ0n) is 15.3. The molecule has 0 aromatic carbocycles. The van der Waals surface area contributed by atoms with Gasteiger partial charge in [0.15, 0.2) is 0 Å². The van der Waals surface area contributed by atoms with Crippen molar-refractivity contribution in [1.29, 1.82) is 0 Å². The number of hydrogen-bond donors (Lipinski definition) is 0. The average Bonchev–Trinajstić information content (AvgIpc) is 2.72. The summed E-state index contributed by atoms with van der Waals surface area (Å²) in [5, 5.41) is 0. The highest BCUT2D eigenvalue weighted by Crippen LogP contribution is 2.37. The number of aromatic nitrogens is 1. The van der Waals surface area contributed by atoms with E-state index in [9.17, 15) is 0 Å².